The monoisotopic (exact) mass is 416 g/mol. The minimum atomic E-state index is -0.334. The van der Waals surface area contributed by atoms with E-state index >= 15 is 0 Å². The SMILES string of the molecule is C#Cc1cccc(NC(=O)CN(C)C(=O)c2nn(-c3ccc(F)cc3)c3c2CCC3)c1. The third kappa shape index (κ3) is 4.19. The summed E-state index contributed by atoms with van der Waals surface area (Å²) in [6.07, 6.45) is 7.85. The van der Waals surface area contributed by atoms with Gasteiger partial charge in [-0.1, -0.05) is 12.0 Å². The van der Waals surface area contributed by atoms with E-state index in [9.17, 15) is 14.0 Å². The number of carbonyl (C=O) groups is 2. The highest BCUT2D eigenvalue weighted by molar-refractivity contribution is 5.99. The van der Waals surface area contributed by atoms with E-state index in [2.05, 4.69) is 16.3 Å². The predicted molar refractivity (Wildman–Crippen MR) is 116 cm³/mol. The molecule has 6 nitrogen and oxygen atoms in total. The van der Waals surface area contributed by atoms with Gasteiger partial charge in [-0.2, -0.15) is 5.10 Å². The molecule has 4 rings (SSSR count). The van der Waals surface area contributed by atoms with Gasteiger partial charge in [0, 0.05) is 29.6 Å². The molecule has 156 valence electrons. The van der Waals surface area contributed by atoms with E-state index < -0.39 is 0 Å². The summed E-state index contributed by atoms with van der Waals surface area (Å²) >= 11 is 0. The van der Waals surface area contributed by atoms with Crippen LogP contribution in [0.5, 0.6) is 0 Å². The van der Waals surface area contributed by atoms with Gasteiger partial charge in [0.2, 0.25) is 5.91 Å². The highest BCUT2D eigenvalue weighted by atomic mass is 19.1. The minimum Gasteiger partial charge on any atom is -0.331 e. The number of halogens is 1. The second kappa shape index (κ2) is 8.44. The molecule has 1 N–H and O–H groups in total. The van der Waals surface area contributed by atoms with E-state index in [0.717, 1.165) is 30.5 Å². The van der Waals surface area contributed by atoms with Gasteiger partial charge in [-0.15, -0.1) is 6.42 Å². The third-order valence-corrected chi connectivity index (χ3v) is 5.24. The number of hydrogen-bond acceptors (Lipinski definition) is 3. The number of hydrogen-bond donors (Lipinski definition) is 1. The molecule has 1 aliphatic rings. The number of terminal acetylenes is 1. The quantitative estimate of drug-likeness (QED) is 0.650. The van der Waals surface area contributed by atoms with Gasteiger partial charge < -0.3 is 10.2 Å². The Hall–Kier alpha value is -3.92. The fraction of sp³-hybridized carbons (Fsp3) is 0.208. The van der Waals surface area contributed by atoms with Gasteiger partial charge in [0.15, 0.2) is 5.69 Å². The Bertz CT molecular complexity index is 1190. The van der Waals surface area contributed by atoms with Crippen molar-refractivity contribution >= 4 is 17.5 Å². The molecular weight excluding hydrogens is 395 g/mol. The van der Waals surface area contributed by atoms with Gasteiger partial charge >= 0.3 is 0 Å². The summed E-state index contributed by atoms with van der Waals surface area (Å²) < 4.78 is 15.0. The fourth-order valence-electron chi connectivity index (χ4n) is 3.76. The molecule has 2 amide bonds. The number of likely N-dealkylation sites (N-methyl/N-ethyl adjacent to an activating group) is 1. The van der Waals surface area contributed by atoms with Gasteiger partial charge in [-0.25, -0.2) is 9.07 Å². The molecule has 0 bridgehead atoms. The molecule has 0 atom stereocenters. The Morgan fingerprint density at radius 1 is 1.23 bits per heavy atom. The lowest BCUT2D eigenvalue weighted by Crippen LogP contribution is -2.35. The van der Waals surface area contributed by atoms with Crippen LogP contribution in [0.3, 0.4) is 0 Å². The summed E-state index contributed by atoms with van der Waals surface area (Å²) in [6.45, 7) is -0.128. The summed E-state index contributed by atoms with van der Waals surface area (Å²) in [5.41, 5.74) is 4.11. The van der Waals surface area contributed by atoms with Gasteiger partial charge in [0.1, 0.15) is 5.82 Å². The van der Waals surface area contributed by atoms with Crippen LogP contribution in [0.1, 0.15) is 33.7 Å². The number of carbonyl (C=O) groups excluding carboxylic acids is 2. The largest absolute Gasteiger partial charge is 0.331 e. The number of amides is 2. The van der Waals surface area contributed by atoms with Crippen molar-refractivity contribution in [2.45, 2.75) is 19.3 Å². The normalized spacial score (nSPS) is 12.2. The summed E-state index contributed by atoms with van der Waals surface area (Å²) in [4.78, 5) is 26.9. The standard InChI is InChI=1S/C24H21FN4O2/c1-3-16-6-4-7-18(14-16)26-22(30)15-28(2)24(31)23-20-8-5-9-21(20)29(27-23)19-12-10-17(25)11-13-19/h1,4,6-7,10-14H,5,8-9,15H2,2H3,(H,26,30). The van der Waals surface area contributed by atoms with Crippen molar-refractivity contribution in [3.8, 4) is 18.0 Å². The predicted octanol–water partition coefficient (Wildman–Crippen LogP) is 3.19. The van der Waals surface area contributed by atoms with Crippen molar-refractivity contribution in [1.29, 1.82) is 0 Å². The van der Waals surface area contributed by atoms with Crippen molar-refractivity contribution in [3.63, 3.8) is 0 Å². The minimum absolute atomic E-state index is 0.128. The number of fused-ring (bicyclic) bond motifs is 1. The summed E-state index contributed by atoms with van der Waals surface area (Å²) in [7, 11) is 1.57. The van der Waals surface area contributed by atoms with Gasteiger partial charge in [0.25, 0.3) is 5.91 Å². The first-order valence-electron chi connectivity index (χ1n) is 9.95. The van der Waals surface area contributed by atoms with E-state index in [-0.39, 0.29) is 24.2 Å². The van der Waals surface area contributed by atoms with E-state index in [1.165, 1.54) is 17.0 Å². The molecule has 7 heteroatoms. The van der Waals surface area contributed by atoms with Crippen LogP contribution in [0.2, 0.25) is 0 Å². The Morgan fingerprint density at radius 3 is 2.74 bits per heavy atom. The average molecular weight is 416 g/mol. The number of nitrogens with one attached hydrogen (secondary N) is 1. The summed E-state index contributed by atoms with van der Waals surface area (Å²) in [6, 6.07) is 13.0. The van der Waals surface area contributed by atoms with Crippen LogP contribution in [0.25, 0.3) is 5.69 Å². The highest BCUT2D eigenvalue weighted by Gasteiger charge is 2.29. The zero-order valence-electron chi connectivity index (χ0n) is 17.1. The molecule has 0 unspecified atom stereocenters. The highest BCUT2D eigenvalue weighted by Crippen LogP contribution is 2.28. The van der Waals surface area contributed by atoms with Crippen LogP contribution in [-0.2, 0) is 17.6 Å². The second-order valence-electron chi connectivity index (χ2n) is 7.45. The van der Waals surface area contributed by atoms with Crippen molar-refractivity contribution in [3.05, 3.63) is 76.9 Å². The number of aromatic nitrogens is 2. The fourth-order valence-corrected chi connectivity index (χ4v) is 3.76. The first-order chi connectivity index (χ1) is 15.0. The molecule has 1 aromatic heterocycles. The number of anilines is 1. The molecule has 3 aromatic rings. The van der Waals surface area contributed by atoms with Crippen molar-refractivity contribution < 1.29 is 14.0 Å². The lowest BCUT2D eigenvalue weighted by molar-refractivity contribution is -0.116. The molecular formula is C24H21FN4O2. The van der Waals surface area contributed by atoms with E-state index in [1.807, 2.05) is 0 Å². The maximum atomic E-state index is 13.3. The summed E-state index contributed by atoms with van der Waals surface area (Å²) in [5.74, 6) is 1.52. The average Bonchev–Trinajstić information content (AvgIpc) is 3.37. The van der Waals surface area contributed by atoms with E-state index in [1.54, 1.807) is 48.1 Å². The molecule has 0 aliphatic heterocycles. The van der Waals surface area contributed by atoms with Crippen molar-refractivity contribution in [2.24, 2.45) is 0 Å². The zero-order chi connectivity index (χ0) is 22.0. The first kappa shape index (κ1) is 20.4. The lowest BCUT2D eigenvalue weighted by Gasteiger charge is -2.16. The molecule has 0 radical (unpaired) electrons. The molecule has 1 heterocycles. The first-order valence-corrected chi connectivity index (χ1v) is 9.95. The zero-order valence-corrected chi connectivity index (χ0v) is 17.1. The van der Waals surface area contributed by atoms with E-state index in [0.29, 0.717) is 22.6 Å². The van der Waals surface area contributed by atoms with Crippen molar-refractivity contribution in [1.82, 2.24) is 14.7 Å². The Balaban J connectivity index is 1.51. The topological polar surface area (TPSA) is 67.2 Å². The van der Waals surface area contributed by atoms with Crippen LogP contribution in [-0.4, -0.2) is 40.1 Å². The Kier molecular flexibility index (Phi) is 5.54. The van der Waals surface area contributed by atoms with Crippen LogP contribution in [0.4, 0.5) is 10.1 Å². The molecule has 1 aliphatic carbocycles. The molecule has 0 fully saturated rings. The summed E-state index contributed by atoms with van der Waals surface area (Å²) in [5, 5.41) is 7.27. The molecule has 31 heavy (non-hydrogen) atoms. The Morgan fingerprint density at radius 2 is 2.00 bits per heavy atom. The van der Waals surface area contributed by atoms with E-state index in [4.69, 9.17) is 6.42 Å². The molecule has 2 aromatic carbocycles. The molecule has 0 saturated carbocycles. The van der Waals surface area contributed by atoms with Crippen LogP contribution in [0.15, 0.2) is 48.5 Å². The van der Waals surface area contributed by atoms with Crippen LogP contribution < -0.4 is 5.32 Å². The number of benzene rings is 2. The second-order valence-corrected chi connectivity index (χ2v) is 7.45. The maximum Gasteiger partial charge on any atom is 0.274 e. The molecule has 0 spiro atoms. The Labute approximate surface area is 179 Å². The van der Waals surface area contributed by atoms with Crippen LogP contribution in [0, 0.1) is 18.2 Å². The van der Waals surface area contributed by atoms with Gasteiger partial charge in [-0.05, 0) is 61.7 Å². The smallest absolute Gasteiger partial charge is 0.274 e. The number of rotatable bonds is 5. The van der Waals surface area contributed by atoms with Gasteiger partial charge in [0.05, 0.1) is 12.2 Å². The van der Waals surface area contributed by atoms with Crippen molar-refractivity contribution in [2.75, 3.05) is 18.9 Å². The lowest BCUT2D eigenvalue weighted by atomic mass is 10.2. The third-order valence-electron chi connectivity index (χ3n) is 5.24. The van der Waals surface area contributed by atoms with Gasteiger partial charge in [-0.3, -0.25) is 9.59 Å². The maximum absolute atomic E-state index is 13.3. The number of nitrogens with zero attached hydrogens (tertiary/aromatic N) is 3. The van der Waals surface area contributed by atoms with Crippen LogP contribution >= 0.6 is 0 Å². The molecule has 0 saturated heterocycles.